The third-order valence-electron chi connectivity index (χ3n) is 5.57. The molecule has 162 valence electrons. The van der Waals surface area contributed by atoms with Gasteiger partial charge in [0.05, 0.1) is 0 Å². The lowest BCUT2D eigenvalue weighted by Crippen LogP contribution is -2.51. The molecule has 6 heteroatoms. The Morgan fingerprint density at radius 3 is 0.656 bits per heavy atom. The zero-order valence-electron chi connectivity index (χ0n) is 16.6. The van der Waals surface area contributed by atoms with Crippen molar-refractivity contribution in [3.8, 4) is 0 Å². The van der Waals surface area contributed by atoms with Crippen LogP contribution in [0.15, 0.2) is 97.1 Å². The molecule has 0 spiro atoms. The summed E-state index contributed by atoms with van der Waals surface area (Å²) in [4.78, 5) is 0. The zero-order chi connectivity index (χ0) is 22.9. The van der Waals surface area contributed by atoms with Crippen LogP contribution in [0.1, 0.15) is 22.3 Å². The highest BCUT2D eigenvalue weighted by atomic mass is 19.1. The molecule has 0 bridgehead atoms. The molecule has 0 aliphatic rings. The predicted molar refractivity (Wildman–Crippen MR) is 112 cm³/mol. The van der Waals surface area contributed by atoms with E-state index in [1.165, 1.54) is 48.5 Å². The smallest absolute Gasteiger partial charge is 0.152 e. The Balaban J connectivity index is 2.09. The van der Waals surface area contributed by atoms with E-state index in [-0.39, 0.29) is 22.3 Å². The second kappa shape index (κ2) is 8.22. The van der Waals surface area contributed by atoms with Crippen molar-refractivity contribution in [2.75, 3.05) is 0 Å². The van der Waals surface area contributed by atoms with Gasteiger partial charge in [0.2, 0.25) is 0 Å². The molecule has 0 unspecified atom stereocenters. The summed E-state index contributed by atoms with van der Waals surface area (Å²) in [5.41, 5.74) is -4.26. The van der Waals surface area contributed by atoms with E-state index in [1.807, 2.05) is 0 Å². The standard InChI is InChI=1S/C26H18F4O2/c27-21-9-1-17(2-10-21)25(31,18-3-11-22(28)12-4-18)26(32,19-5-13-23(29)14-6-19)20-7-15-24(30)16-8-20/h1-16,31-32H. The van der Waals surface area contributed by atoms with Gasteiger partial charge < -0.3 is 10.2 Å². The van der Waals surface area contributed by atoms with Crippen molar-refractivity contribution in [1.82, 2.24) is 0 Å². The van der Waals surface area contributed by atoms with E-state index in [9.17, 15) is 27.8 Å². The molecule has 0 aromatic heterocycles. The Bertz CT molecular complexity index is 1010. The second-order valence-electron chi connectivity index (χ2n) is 7.45. The molecule has 0 aliphatic carbocycles. The lowest BCUT2D eigenvalue weighted by molar-refractivity contribution is -0.113. The molecule has 4 rings (SSSR count). The zero-order valence-corrected chi connectivity index (χ0v) is 16.6. The van der Waals surface area contributed by atoms with Gasteiger partial charge >= 0.3 is 0 Å². The Morgan fingerprint density at radius 1 is 0.344 bits per heavy atom. The van der Waals surface area contributed by atoms with E-state index in [4.69, 9.17) is 0 Å². The third-order valence-corrected chi connectivity index (χ3v) is 5.57. The number of benzene rings is 4. The molecular weight excluding hydrogens is 420 g/mol. The SMILES string of the molecule is OC(c1ccc(F)cc1)(c1ccc(F)cc1)C(O)(c1ccc(F)cc1)c1ccc(F)cc1. The van der Waals surface area contributed by atoms with E-state index >= 15 is 0 Å². The van der Waals surface area contributed by atoms with Gasteiger partial charge in [-0.2, -0.15) is 0 Å². The van der Waals surface area contributed by atoms with Gasteiger partial charge in [0, 0.05) is 0 Å². The second-order valence-corrected chi connectivity index (χ2v) is 7.45. The van der Waals surface area contributed by atoms with Crippen LogP contribution in [0.3, 0.4) is 0 Å². The minimum atomic E-state index is -2.30. The fourth-order valence-electron chi connectivity index (χ4n) is 3.93. The molecule has 2 nitrogen and oxygen atoms in total. The number of aliphatic hydroxyl groups is 2. The lowest BCUT2D eigenvalue weighted by Gasteiger charge is -2.45. The Labute approximate surface area is 182 Å². The summed E-state index contributed by atoms with van der Waals surface area (Å²) in [5, 5.41) is 24.4. The molecule has 0 heterocycles. The fraction of sp³-hybridized carbons (Fsp3) is 0.0769. The van der Waals surface area contributed by atoms with Crippen LogP contribution in [0, 0.1) is 23.3 Å². The number of hydrogen-bond donors (Lipinski definition) is 2. The van der Waals surface area contributed by atoms with Gasteiger partial charge in [-0.3, -0.25) is 0 Å². The molecule has 4 aromatic rings. The molecular formula is C26H18F4O2. The van der Waals surface area contributed by atoms with Crippen LogP contribution < -0.4 is 0 Å². The monoisotopic (exact) mass is 438 g/mol. The highest BCUT2D eigenvalue weighted by Gasteiger charge is 2.54. The molecule has 0 radical (unpaired) electrons. The van der Waals surface area contributed by atoms with Crippen molar-refractivity contribution in [1.29, 1.82) is 0 Å². The first-order chi connectivity index (χ1) is 15.2. The quantitative estimate of drug-likeness (QED) is 0.409. The van der Waals surface area contributed by atoms with Crippen LogP contribution in [0.2, 0.25) is 0 Å². The van der Waals surface area contributed by atoms with Crippen molar-refractivity contribution >= 4 is 0 Å². The highest BCUT2D eigenvalue weighted by molar-refractivity contribution is 5.50. The molecule has 0 saturated heterocycles. The first kappa shape index (κ1) is 21.7. The Hall–Kier alpha value is -3.48. The first-order valence-electron chi connectivity index (χ1n) is 9.74. The minimum Gasteiger partial charge on any atom is -0.377 e. The maximum Gasteiger partial charge on any atom is 0.152 e. The minimum absolute atomic E-state index is 0.0849. The van der Waals surface area contributed by atoms with E-state index in [0.717, 1.165) is 48.5 Å². The first-order valence-corrected chi connectivity index (χ1v) is 9.74. The average molecular weight is 438 g/mol. The van der Waals surface area contributed by atoms with Gasteiger partial charge in [0.1, 0.15) is 23.3 Å². The summed E-state index contributed by atoms with van der Waals surface area (Å²) in [6, 6.07) is 19.2. The van der Waals surface area contributed by atoms with Crippen LogP contribution in [0.4, 0.5) is 17.6 Å². The molecule has 0 saturated carbocycles. The highest BCUT2D eigenvalue weighted by Crippen LogP contribution is 2.49. The Kier molecular flexibility index (Phi) is 5.59. The lowest BCUT2D eigenvalue weighted by atomic mass is 9.66. The van der Waals surface area contributed by atoms with Gasteiger partial charge in [0.15, 0.2) is 11.2 Å². The van der Waals surface area contributed by atoms with E-state index < -0.39 is 34.5 Å². The number of hydrogen-bond acceptors (Lipinski definition) is 2. The molecule has 0 aliphatic heterocycles. The van der Waals surface area contributed by atoms with Crippen LogP contribution in [0.25, 0.3) is 0 Å². The topological polar surface area (TPSA) is 40.5 Å². The summed E-state index contributed by atoms with van der Waals surface area (Å²) in [6.07, 6.45) is 0. The summed E-state index contributed by atoms with van der Waals surface area (Å²) in [6.45, 7) is 0. The Morgan fingerprint density at radius 2 is 0.500 bits per heavy atom. The summed E-state index contributed by atoms with van der Waals surface area (Å²) >= 11 is 0. The number of halogens is 4. The van der Waals surface area contributed by atoms with Crippen molar-refractivity contribution in [3.63, 3.8) is 0 Å². The van der Waals surface area contributed by atoms with E-state index in [0.29, 0.717) is 0 Å². The fourth-order valence-corrected chi connectivity index (χ4v) is 3.93. The van der Waals surface area contributed by atoms with Crippen LogP contribution in [0.5, 0.6) is 0 Å². The van der Waals surface area contributed by atoms with E-state index in [2.05, 4.69) is 0 Å². The van der Waals surface area contributed by atoms with Gasteiger partial charge in [-0.15, -0.1) is 0 Å². The largest absolute Gasteiger partial charge is 0.377 e. The van der Waals surface area contributed by atoms with Crippen LogP contribution in [-0.4, -0.2) is 10.2 Å². The molecule has 0 amide bonds. The molecule has 2 N–H and O–H groups in total. The van der Waals surface area contributed by atoms with Crippen molar-refractivity contribution < 1.29 is 27.8 Å². The molecule has 4 aromatic carbocycles. The molecule has 0 atom stereocenters. The van der Waals surface area contributed by atoms with Crippen molar-refractivity contribution in [2.24, 2.45) is 0 Å². The van der Waals surface area contributed by atoms with E-state index in [1.54, 1.807) is 0 Å². The number of rotatable bonds is 5. The van der Waals surface area contributed by atoms with Gasteiger partial charge in [-0.05, 0) is 70.8 Å². The molecule has 0 fully saturated rings. The van der Waals surface area contributed by atoms with Crippen LogP contribution >= 0.6 is 0 Å². The van der Waals surface area contributed by atoms with Crippen molar-refractivity contribution in [2.45, 2.75) is 11.2 Å². The maximum atomic E-state index is 13.7. The molecule has 32 heavy (non-hydrogen) atoms. The van der Waals surface area contributed by atoms with Gasteiger partial charge in [-0.1, -0.05) is 48.5 Å². The predicted octanol–water partition coefficient (Wildman–Crippen LogP) is 5.42. The van der Waals surface area contributed by atoms with Gasteiger partial charge in [-0.25, -0.2) is 17.6 Å². The summed E-state index contributed by atoms with van der Waals surface area (Å²) < 4.78 is 54.7. The summed E-state index contributed by atoms with van der Waals surface area (Å²) in [5.74, 6) is -2.27. The van der Waals surface area contributed by atoms with Crippen LogP contribution in [-0.2, 0) is 11.2 Å². The average Bonchev–Trinajstić information content (AvgIpc) is 2.80. The maximum absolute atomic E-state index is 13.7. The normalized spacial score (nSPS) is 12.1. The summed E-state index contributed by atoms with van der Waals surface area (Å²) in [7, 11) is 0. The third kappa shape index (κ3) is 3.57. The van der Waals surface area contributed by atoms with Gasteiger partial charge in [0.25, 0.3) is 0 Å². The van der Waals surface area contributed by atoms with Crippen molar-refractivity contribution in [3.05, 3.63) is 143 Å².